The SMILES string of the molecule is Cc1ccc(NC(=O)CN2C(=O)N[C@](C)(c3ccccc3Cl)C2=O)cc1. The van der Waals surface area contributed by atoms with E-state index in [0.717, 1.165) is 10.5 Å². The summed E-state index contributed by atoms with van der Waals surface area (Å²) in [5.74, 6) is -0.976. The van der Waals surface area contributed by atoms with E-state index in [4.69, 9.17) is 11.6 Å². The fourth-order valence-corrected chi connectivity index (χ4v) is 3.20. The second-order valence-electron chi connectivity index (χ2n) is 6.34. The van der Waals surface area contributed by atoms with Crippen LogP contribution in [0.1, 0.15) is 18.1 Å². The van der Waals surface area contributed by atoms with Gasteiger partial charge in [0.2, 0.25) is 5.91 Å². The minimum atomic E-state index is -1.31. The number of nitrogens with one attached hydrogen (secondary N) is 2. The van der Waals surface area contributed by atoms with Gasteiger partial charge in [0.1, 0.15) is 12.1 Å². The van der Waals surface area contributed by atoms with E-state index < -0.39 is 23.4 Å². The standard InChI is InChI=1S/C19H18ClN3O3/c1-12-7-9-13(10-8-12)21-16(24)11-23-17(25)19(2,22-18(23)26)14-5-3-4-6-15(14)20/h3-10H,11H2,1-2H3,(H,21,24)(H,22,26)/t19-/m1/s1. The molecule has 7 heteroatoms. The number of rotatable bonds is 4. The molecule has 1 atom stereocenters. The normalized spacial score (nSPS) is 19.4. The molecule has 6 nitrogen and oxygen atoms in total. The molecule has 1 aliphatic heterocycles. The van der Waals surface area contributed by atoms with Crippen LogP contribution in [0.2, 0.25) is 5.02 Å². The van der Waals surface area contributed by atoms with Crippen LogP contribution in [0, 0.1) is 6.92 Å². The van der Waals surface area contributed by atoms with Crippen molar-refractivity contribution < 1.29 is 14.4 Å². The highest BCUT2D eigenvalue weighted by Gasteiger charge is 2.50. The van der Waals surface area contributed by atoms with Crippen LogP contribution in [0.15, 0.2) is 48.5 Å². The van der Waals surface area contributed by atoms with Crippen LogP contribution in [0.5, 0.6) is 0 Å². The molecule has 134 valence electrons. The number of imide groups is 1. The second kappa shape index (κ2) is 6.80. The maximum absolute atomic E-state index is 12.8. The summed E-state index contributed by atoms with van der Waals surface area (Å²) in [5, 5.41) is 5.68. The van der Waals surface area contributed by atoms with Crippen molar-refractivity contribution in [3.63, 3.8) is 0 Å². The third kappa shape index (κ3) is 3.28. The van der Waals surface area contributed by atoms with Crippen LogP contribution in [0.3, 0.4) is 0 Å². The fraction of sp³-hybridized carbons (Fsp3) is 0.211. The summed E-state index contributed by atoms with van der Waals surface area (Å²) in [6.45, 7) is 3.14. The summed E-state index contributed by atoms with van der Waals surface area (Å²) in [6.07, 6.45) is 0. The number of carbonyl (C=O) groups is 3. The number of urea groups is 1. The summed E-state index contributed by atoms with van der Waals surface area (Å²) < 4.78 is 0. The molecular weight excluding hydrogens is 354 g/mol. The maximum Gasteiger partial charge on any atom is 0.325 e. The third-order valence-electron chi connectivity index (χ3n) is 4.32. The molecule has 1 saturated heterocycles. The lowest BCUT2D eigenvalue weighted by molar-refractivity contribution is -0.133. The lowest BCUT2D eigenvalue weighted by Gasteiger charge is -2.23. The van der Waals surface area contributed by atoms with Crippen molar-refractivity contribution in [2.75, 3.05) is 11.9 Å². The molecule has 0 bridgehead atoms. The number of nitrogens with zero attached hydrogens (tertiary/aromatic N) is 1. The Kier molecular flexibility index (Phi) is 4.70. The Bertz CT molecular complexity index is 882. The van der Waals surface area contributed by atoms with Gasteiger partial charge in [0.25, 0.3) is 5.91 Å². The summed E-state index contributed by atoms with van der Waals surface area (Å²) in [4.78, 5) is 38.3. The topological polar surface area (TPSA) is 78.5 Å². The molecule has 0 spiro atoms. The zero-order valence-electron chi connectivity index (χ0n) is 14.4. The van der Waals surface area contributed by atoms with Crippen LogP contribution >= 0.6 is 11.6 Å². The van der Waals surface area contributed by atoms with Crippen LogP contribution in [-0.2, 0) is 15.1 Å². The zero-order chi connectivity index (χ0) is 18.9. The molecule has 3 rings (SSSR count). The van der Waals surface area contributed by atoms with Gasteiger partial charge in [-0.25, -0.2) is 4.79 Å². The Morgan fingerprint density at radius 1 is 1.15 bits per heavy atom. The van der Waals surface area contributed by atoms with E-state index in [1.807, 2.05) is 19.1 Å². The predicted molar refractivity (Wildman–Crippen MR) is 98.9 cm³/mol. The number of carbonyl (C=O) groups excluding carboxylic acids is 3. The van der Waals surface area contributed by atoms with Crippen molar-refractivity contribution in [3.05, 3.63) is 64.7 Å². The zero-order valence-corrected chi connectivity index (χ0v) is 15.1. The Morgan fingerprint density at radius 3 is 2.46 bits per heavy atom. The van der Waals surface area contributed by atoms with Gasteiger partial charge in [-0.2, -0.15) is 0 Å². The highest BCUT2D eigenvalue weighted by Crippen LogP contribution is 2.33. The number of hydrogen-bond donors (Lipinski definition) is 2. The van der Waals surface area contributed by atoms with Gasteiger partial charge >= 0.3 is 6.03 Å². The average Bonchev–Trinajstić information content (AvgIpc) is 2.81. The number of benzene rings is 2. The molecule has 2 aromatic carbocycles. The fourth-order valence-electron chi connectivity index (χ4n) is 2.87. The average molecular weight is 372 g/mol. The van der Waals surface area contributed by atoms with Gasteiger partial charge in [-0.15, -0.1) is 0 Å². The number of halogens is 1. The van der Waals surface area contributed by atoms with Gasteiger partial charge < -0.3 is 10.6 Å². The largest absolute Gasteiger partial charge is 0.325 e. The second-order valence-corrected chi connectivity index (χ2v) is 6.75. The van der Waals surface area contributed by atoms with Gasteiger partial charge in [-0.1, -0.05) is 47.5 Å². The number of amides is 4. The summed E-state index contributed by atoms with van der Waals surface area (Å²) in [5.41, 5.74) is 0.843. The summed E-state index contributed by atoms with van der Waals surface area (Å²) in [6, 6.07) is 13.4. The van der Waals surface area contributed by atoms with Crippen molar-refractivity contribution in [2.45, 2.75) is 19.4 Å². The molecular formula is C19H18ClN3O3. The number of hydrogen-bond acceptors (Lipinski definition) is 3. The quantitative estimate of drug-likeness (QED) is 0.811. The molecule has 0 radical (unpaired) electrons. The highest BCUT2D eigenvalue weighted by atomic mass is 35.5. The third-order valence-corrected chi connectivity index (χ3v) is 4.65. The van der Waals surface area contributed by atoms with E-state index in [-0.39, 0.29) is 6.54 Å². The first-order valence-electron chi connectivity index (χ1n) is 8.07. The minimum Gasteiger partial charge on any atom is -0.325 e. The van der Waals surface area contributed by atoms with Crippen LogP contribution in [-0.4, -0.2) is 29.3 Å². The van der Waals surface area contributed by atoms with E-state index in [1.165, 1.54) is 0 Å². The smallest absolute Gasteiger partial charge is 0.325 e. The Morgan fingerprint density at radius 2 is 1.81 bits per heavy atom. The minimum absolute atomic E-state index is 0.370. The van der Waals surface area contributed by atoms with Gasteiger partial charge in [-0.05, 0) is 32.0 Å². The molecule has 0 aliphatic carbocycles. The van der Waals surface area contributed by atoms with E-state index in [1.54, 1.807) is 43.3 Å². The molecule has 0 unspecified atom stereocenters. The van der Waals surface area contributed by atoms with Gasteiger partial charge in [0.05, 0.1) is 0 Å². The molecule has 2 N–H and O–H groups in total. The van der Waals surface area contributed by atoms with Crippen molar-refractivity contribution in [1.29, 1.82) is 0 Å². The number of aryl methyl sites for hydroxylation is 1. The first-order chi connectivity index (χ1) is 12.3. The van der Waals surface area contributed by atoms with Gasteiger partial charge in [0, 0.05) is 16.3 Å². The van der Waals surface area contributed by atoms with E-state index in [0.29, 0.717) is 16.3 Å². The molecule has 0 saturated carbocycles. The van der Waals surface area contributed by atoms with Crippen molar-refractivity contribution in [2.24, 2.45) is 0 Å². The van der Waals surface area contributed by atoms with Crippen molar-refractivity contribution in [1.82, 2.24) is 10.2 Å². The van der Waals surface area contributed by atoms with Gasteiger partial charge in [0.15, 0.2) is 0 Å². The molecule has 4 amide bonds. The molecule has 2 aromatic rings. The van der Waals surface area contributed by atoms with E-state index in [2.05, 4.69) is 10.6 Å². The summed E-state index contributed by atoms with van der Waals surface area (Å²) >= 11 is 6.18. The van der Waals surface area contributed by atoms with Crippen LogP contribution in [0.4, 0.5) is 10.5 Å². The summed E-state index contributed by atoms with van der Waals surface area (Å²) in [7, 11) is 0. The maximum atomic E-state index is 12.8. The van der Waals surface area contributed by atoms with E-state index >= 15 is 0 Å². The predicted octanol–water partition coefficient (Wildman–Crippen LogP) is 3.05. The molecule has 1 fully saturated rings. The van der Waals surface area contributed by atoms with Crippen molar-refractivity contribution >= 4 is 35.1 Å². The highest BCUT2D eigenvalue weighted by molar-refractivity contribution is 6.32. The molecule has 26 heavy (non-hydrogen) atoms. The first-order valence-corrected chi connectivity index (χ1v) is 8.45. The molecule has 1 heterocycles. The van der Waals surface area contributed by atoms with Crippen molar-refractivity contribution in [3.8, 4) is 0 Å². The number of anilines is 1. The molecule has 0 aromatic heterocycles. The lowest BCUT2D eigenvalue weighted by atomic mass is 9.92. The van der Waals surface area contributed by atoms with E-state index in [9.17, 15) is 14.4 Å². The Labute approximate surface area is 156 Å². The van der Waals surface area contributed by atoms with Crippen LogP contribution in [0.25, 0.3) is 0 Å². The molecule has 1 aliphatic rings. The van der Waals surface area contributed by atoms with Crippen LogP contribution < -0.4 is 10.6 Å². The first kappa shape index (κ1) is 17.9. The Hall–Kier alpha value is -2.86. The van der Waals surface area contributed by atoms with Gasteiger partial charge in [-0.3, -0.25) is 14.5 Å². The monoisotopic (exact) mass is 371 g/mol. The Balaban J connectivity index is 1.76. The lowest BCUT2D eigenvalue weighted by Crippen LogP contribution is -2.42.